The maximum absolute atomic E-state index is 14.6. The first-order valence-electron chi connectivity index (χ1n) is 13.4. The van der Waals surface area contributed by atoms with Crippen LogP contribution in [0.5, 0.6) is 0 Å². The average Bonchev–Trinajstić information content (AvgIpc) is 3.64. The Morgan fingerprint density at radius 3 is 2.29 bits per heavy atom. The Labute approximate surface area is 238 Å². The van der Waals surface area contributed by atoms with E-state index in [4.69, 9.17) is 4.98 Å². The number of carboxylic acids is 1. The quantitative estimate of drug-likeness (QED) is 0.210. The Balaban J connectivity index is 1.47. The normalized spacial score (nSPS) is 14.7. The minimum absolute atomic E-state index is 0.0686. The van der Waals surface area contributed by atoms with Crippen molar-refractivity contribution in [1.82, 2.24) is 14.5 Å². The van der Waals surface area contributed by atoms with Crippen molar-refractivity contribution in [2.75, 3.05) is 5.32 Å². The second kappa shape index (κ2) is 11.2. The third-order valence-electron chi connectivity index (χ3n) is 7.60. The summed E-state index contributed by atoms with van der Waals surface area (Å²) in [5, 5.41) is 14.9. The molecule has 0 bridgehead atoms. The molecule has 208 valence electrons. The molecule has 10 heteroatoms. The fraction of sp³-hybridized carbons (Fsp3) is 0.226. The summed E-state index contributed by atoms with van der Waals surface area (Å²) in [5.41, 5.74) is 2.75. The zero-order chi connectivity index (χ0) is 28.5. The molecule has 1 atom stereocenters. The highest BCUT2D eigenvalue weighted by molar-refractivity contribution is 7.13. The number of carboxylic acid groups (broad SMARTS) is 1. The molecule has 3 aromatic carbocycles. The number of aromatic carboxylic acids is 1. The van der Waals surface area contributed by atoms with E-state index in [0.29, 0.717) is 22.6 Å². The molecule has 1 aliphatic carbocycles. The highest BCUT2D eigenvalue weighted by atomic mass is 32.1. The van der Waals surface area contributed by atoms with Gasteiger partial charge < -0.3 is 15.0 Å². The van der Waals surface area contributed by atoms with E-state index in [1.807, 2.05) is 29.6 Å². The summed E-state index contributed by atoms with van der Waals surface area (Å²) in [7, 11) is 0. The van der Waals surface area contributed by atoms with Crippen molar-refractivity contribution in [3.63, 3.8) is 0 Å². The highest BCUT2D eigenvalue weighted by Crippen LogP contribution is 2.39. The molecule has 1 aliphatic rings. The summed E-state index contributed by atoms with van der Waals surface area (Å²) in [6, 6.07) is 14.9. The summed E-state index contributed by atoms with van der Waals surface area (Å²) < 4.78 is 30.7. The summed E-state index contributed by atoms with van der Waals surface area (Å²) >= 11 is 1.52. The van der Waals surface area contributed by atoms with E-state index in [1.165, 1.54) is 23.5 Å². The van der Waals surface area contributed by atoms with Crippen LogP contribution in [0.2, 0.25) is 0 Å². The van der Waals surface area contributed by atoms with Crippen molar-refractivity contribution in [2.24, 2.45) is 5.92 Å². The SMILES string of the molecule is O=C(O)c1ccc(NC(=O)[C@H](C2CCCCC2)n2c(-c3ccc(-c4nccs4)cc3)nc3cc(F)c(F)cc32)cc1. The van der Waals surface area contributed by atoms with Gasteiger partial charge in [-0.1, -0.05) is 43.5 Å². The summed E-state index contributed by atoms with van der Waals surface area (Å²) in [4.78, 5) is 34.4. The van der Waals surface area contributed by atoms with Gasteiger partial charge in [0.2, 0.25) is 5.91 Å². The predicted molar refractivity (Wildman–Crippen MR) is 154 cm³/mol. The molecule has 1 fully saturated rings. The minimum Gasteiger partial charge on any atom is -0.478 e. The summed E-state index contributed by atoms with van der Waals surface area (Å²) in [5.74, 6) is -3.05. The van der Waals surface area contributed by atoms with Gasteiger partial charge >= 0.3 is 5.97 Å². The lowest BCUT2D eigenvalue weighted by molar-refractivity contribution is -0.121. The zero-order valence-corrected chi connectivity index (χ0v) is 22.7. The number of thiazole rings is 1. The maximum atomic E-state index is 14.6. The van der Waals surface area contributed by atoms with E-state index in [2.05, 4.69) is 10.3 Å². The van der Waals surface area contributed by atoms with E-state index in [-0.39, 0.29) is 22.9 Å². The van der Waals surface area contributed by atoms with Gasteiger partial charge in [0, 0.05) is 40.5 Å². The van der Waals surface area contributed by atoms with Crippen LogP contribution < -0.4 is 5.32 Å². The number of imidazole rings is 1. The molecule has 41 heavy (non-hydrogen) atoms. The molecule has 1 amide bonds. The Hall–Kier alpha value is -4.44. The van der Waals surface area contributed by atoms with Crippen LogP contribution >= 0.6 is 11.3 Å². The Morgan fingerprint density at radius 1 is 0.951 bits per heavy atom. The lowest BCUT2D eigenvalue weighted by Gasteiger charge is -2.32. The maximum Gasteiger partial charge on any atom is 0.335 e. The van der Waals surface area contributed by atoms with Gasteiger partial charge in [0.25, 0.3) is 0 Å². The number of halogens is 2. The van der Waals surface area contributed by atoms with Gasteiger partial charge in [-0.2, -0.15) is 0 Å². The van der Waals surface area contributed by atoms with Crippen molar-refractivity contribution >= 4 is 39.9 Å². The summed E-state index contributed by atoms with van der Waals surface area (Å²) in [6.07, 6.45) is 6.30. The molecule has 6 rings (SSSR count). The fourth-order valence-electron chi connectivity index (χ4n) is 5.61. The smallest absolute Gasteiger partial charge is 0.335 e. The zero-order valence-electron chi connectivity index (χ0n) is 21.9. The standard InChI is InChI=1S/C31H26F2N4O3S/c32-23-16-25-26(17-24(23)33)37(28(36-25)19-6-8-20(9-7-19)30-34-14-15-41-30)27(18-4-2-1-3-5-18)29(38)35-22-12-10-21(11-13-22)31(39)40/h6-18,27H,1-5H2,(H,35,38)(H,39,40)/t27-/m0/s1. The molecule has 0 spiro atoms. The topological polar surface area (TPSA) is 97.1 Å². The molecule has 0 radical (unpaired) electrons. The fourth-order valence-corrected chi connectivity index (χ4v) is 6.25. The number of hydrogen-bond donors (Lipinski definition) is 2. The Morgan fingerprint density at radius 2 is 1.63 bits per heavy atom. The molecule has 7 nitrogen and oxygen atoms in total. The summed E-state index contributed by atoms with van der Waals surface area (Å²) in [6.45, 7) is 0. The van der Waals surface area contributed by atoms with Gasteiger partial charge in [-0.25, -0.2) is 23.5 Å². The van der Waals surface area contributed by atoms with Crippen LogP contribution in [0.15, 0.2) is 72.2 Å². The number of carbonyl (C=O) groups is 2. The first kappa shape index (κ1) is 26.8. The molecule has 0 aliphatic heterocycles. The Kier molecular flexibility index (Phi) is 7.32. The number of nitrogens with zero attached hydrogens (tertiary/aromatic N) is 3. The molecule has 5 aromatic rings. The molecule has 2 N–H and O–H groups in total. The van der Waals surface area contributed by atoms with Crippen molar-refractivity contribution in [3.8, 4) is 22.0 Å². The number of anilines is 1. The van der Waals surface area contributed by atoms with E-state index in [0.717, 1.165) is 54.8 Å². The number of fused-ring (bicyclic) bond motifs is 1. The van der Waals surface area contributed by atoms with E-state index >= 15 is 0 Å². The lowest BCUT2D eigenvalue weighted by Crippen LogP contribution is -2.33. The predicted octanol–water partition coefficient (Wildman–Crippen LogP) is 7.56. The van der Waals surface area contributed by atoms with Crippen LogP contribution in [0.4, 0.5) is 14.5 Å². The van der Waals surface area contributed by atoms with Crippen molar-refractivity contribution in [1.29, 1.82) is 0 Å². The second-order valence-electron chi connectivity index (χ2n) is 10.2. The largest absolute Gasteiger partial charge is 0.478 e. The van der Waals surface area contributed by atoms with Crippen molar-refractivity contribution < 1.29 is 23.5 Å². The van der Waals surface area contributed by atoms with E-state index in [9.17, 15) is 23.5 Å². The van der Waals surface area contributed by atoms with Crippen LogP contribution in [-0.4, -0.2) is 31.5 Å². The average molecular weight is 573 g/mol. The van der Waals surface area contributed by atoms with Crippen LogP contribution in [0, 0.1) is 17.6 Å². The molecule has 2 aromatic heterocycles. The molecule has 1 saturated carbocycles. The number of rotatable bonds is 7. The second-order valence-corrected chi connectivity index (χ2v) is 11.1. The molecule has 0 saturated heterocycles. The molecular formula is C31H26F2N4O3S. The van der Waals surface area contributed by atoms with Crippen molar-refractivity contribution in [2.45, 2.75) is 38.1 Å². The highest BCUT2D eigenvalue weighted by Gasteiger charge is 2.35. The lowest BCUT2D eigenvalue weighted by atomic mass is 9.83. The van der Waals surface area contributed by atoms with Gasteiger partial charge in [-0.05, 0) is 43.0 Å². The van der Waals surface area contributed by atoms with Crippen LogP contribution in [0.1, 0.15) is 48.5 Å². The molecule has 0 unspecified atom stereocenters. The Bertz CT molecular complexity index is 1710. The first-order valence-corrected chi connectivity index (χ1v) is 14.3. The number of benzene rings is 3. The first-order chi connectivity index (χ1) is 19.9. The number of amides is 1. The van der Waals surface area contributed by atoms with Gasteiger partial charge in [-0.3, -0.25) is 4.79 Å². The number of nitrogens with one attached hydrogen (secondary N) is 1. The minimum atomic E-state index is -1.06. The van der Waals surface area contributed by atoms with Crippen LogP contribution in [-0.2, 0) is 4.79 Å². The number of hydrogen-bond acceptors (Lipinski definition) is 5. The van der Waals surface area contributed by atoms with E-state index in [1.54, 1.807) is 22.9 Å². The third kappa shape index (κ3) is 5.35. The van der Waals surface area contributed by atoms with Crippen LogP contribution in [0.3, 0.4) is 0 Å². The van der Waals surface area contributed by atoms with Crippen LogP contribution in [0.25, 0.3) is 33.0 Å². The number of carbonyl (C=O) groups excluding carboxylic acids is 1. The molecule has 2 heterocycles. The van der Waals surface area contributed by atoms with Gasteiger partial charge in [-0.15, -0.1) is 11.3 Å². The van der Waals surface area contributed by atoms with Gasteiger partial charge in [0.1, 0.15) is 16.9 Å². The van der Waals surface area contributed by atoms with Gasteiger partial charge in [0.05, 0.1) is 16.6 Å². The van der Waals surface area contributed by atoms with Crippen molar-refractivity contribution in [3.05, 3.63) is 89.4 Å². The third-order valence-corrected chi connectivity index (χ3v) is 8.42. The van der Waals surface area contributed by atoms with Gasteiger partial charge in [0.15, 0.2) is 11.6 Å². The monoisotopic (exact) mass is 572 g/mol. The molecular weight excluding hydrogens is 546 g/mol. The number of aromatic nitrogens is 3. The van der Waals surface area contributed by atoms with E-state index < -0.39 is 23.6 Å².